The molecule has 0 aliphatic rings. The molecule has 2 amide bonds. The maximum Gasteiger partial charge on any atom is 0.315 e. The minimum atomic E-state index is -0.200. The lowest BCUT2D eigenvalue weighted by Crippen LogP contribution is -2.36. The first-order valence-electron chi connectivity index (χ1n) is 8.58. The van der Waals surface area contributed by atoms with Gasteiger partial charge in [-0.2, -0.15) is 0 Å². The Labute approximate surface area is 153 Å². The molecule has 0 radical (unpaired) electrons. The highest BCUT2D eigenvalue weighted by molar-refractivity contribution is 5.74. The van der Waals surface area contributed by atoms with Gasteiger partial charge in [0.1, 0.15) is 0 Å². The van der Waals surface area contributed by atoms with Gasteiger partial charge in [-0.3, -0.25) is 9.97 Å². The number of amides is 2. The molecule has 3 rings (SSSR count). The fourth-order valence-electron chi connectivity index (χ4n) is 2.61. The van der Waals surface area contributed by atoms with E-state index in [2.05, 4.69) is 20.6 Å². The van der Waals surface area contributed by atoms with Gasteiger partial charge in [0, 0.05) is 30.8 Å². The topological polar surface area (TPSA) is 66.9 Å². The number of benzene rings is 1. The number of pyridine rings is 2. The fourth-order valence-corrected chi connectivity index (χ4v) is 2.61. The van der Waals surface area contributed by atoms with Gasteiger partial charge in [0.25, 0.3) is 0 Å². The van der Waals surface area contributed by atoms with Gasteiger partial charge in [0.2, 0.25) is 0 Å². The van der Waals surface area contributed by atoms with Crippen LogP contribution in [0.3, 0.4) is 0 Å². The zero-order chi connectivity index (χ0) is 18.4. The van der Waals surface area contributed by atoms with Crippen LogP contribution >= 0.6 is 0 Å². The standard InChI is InChI=1S/C21H22N4O/c1-15-5-6-17(12-23-15)13-24-21(26)25-16(2)18-7-9-19(10-8-18)20-4-3-11-22-14-20/h3-12,14,16H,13H2,1-2H3,(H2,24,25,26)/t16-/m1/s1. The Morgan fingerprint density at radius 2 is 1.85 bits per heavy atom. The first-order chi connectivity index (χ1) is 12.6. The van der Waals surface area contributed by atoms with Crippen LogP contribution in [-0.2, 0) is 6.54 Å². The Bertz CT molecular complexity index is 845. The number of nitrogens with zero attached hydrogens (tertiary/aromatic N) is 2. The fraction of sp³-hybridized carbons (Fsp3) is 0.190. The molecule has 2 heterocycles. The average molecular weight is 346 g/mol. The summed E-state index contributed by atoms with van der Waals surface area (Å²) in [5, 5.41) is 5.81. The number of carbonyl (C=O) groups excluding carboxylic acids is 1. The molecule has 0 saturated heterocycles. The number of hydrogen-bond acceptors (Lipinski definition) is 3. The number of hydrogen-bond donors (Lipinski definition) is 2. The monoisotopic (exact) mass is 346 g/mol. The molecular formula is C21H22N4O. The van der Waals surface area contributed by atoms with Crippen LogP contribution in [0.15, 0.2) is 67.1 Å². The van der Waals surface area contributed by atoms with Crippen molar-refractivity contribution in [3.05, 3.63) is 83.9 Å². The second-order valence-corrected chi connectivity index (χ2v) is 6.22. The molecule has 1 atom stereocenters. The largest absolute Gasteiger partial charge is 0.334 e. The van der Waals surface area contributed by atoms with Gasteiger partial charge < -0.3 is 10.6 Å². The lowest BCUT2D eigenvalue weighted by molar-refractivity contribution is 0.237. The number of nitrogens with one attached hydrogen (secondary N) is 2. The number of aryl methyl sites for hydroxylation is 1. The third-order valence-corrected chi connectivity index (χ3v) is 4.18. The van der Waals surface area contributed by atoms with Crippen LogP contribution in [-0.4, -0.2) is 16.0 Å². The minimum Gasteiger partial charge on any atom is -0.334 e. The van der Waals surface area contributed by atoms with Gasteiger partial charge >= 0.3 is 6.03 Å². The van der Waals surface area contributed by atoms with Crippen molar-refractivity contribution in [1.82, 2.24) is 20.6 Å². The van der Waals surface area contributed by atoms with Crippen LogP contribution in [0.2, 0.25) is 0 Å². The van der Waals surface area contributed by atoms with E-state index >= 15 is 0 Å². The van der Waals surface area contributed by atoms with E-state index in [0.29, 0.717) is 6.54 Å². The van der Waals surface area contributed by atoms with Crippen molar-refractivity contribution in [2.24, 2.45) is 0 Å². The summed E-state index contributed by atoms with van der Waals surface area (Å²) in [6.07, 6.45) is 5.37. The zero-order valence-corrected chi connectivity index (χ0v) is 14.9. The first kappa shape index (κ1) is 17.6. The third kappa shape index (κ3) is 4.66. The maximum atomic E-state index is 12.1. The molecule has 2 N–H and O–H groups in total. The molecule has 0 aliphatic carbocycles. The molecule has 1 aromatic carbocycles. The van der Waals surface area contributed by atoms with Gasteiger partial charge in [0.15, 0.2) is 0 Å². The number of aromatic nitrogens is 2. The summed E-state index contributed by atoms with van der Waals surface area (Å²) in [7, 11) is 0. The second-order valence-electron chi connectivity index (χ2n) is 6.22. The Kier molecular flexibility index (Phi) is 5.59. The Hall–Kier alpha value is -3.21. The Morgan fingerprint density at radius 1 is 1.04 bits per heavy atom. The molecule has 0 bridgehead atoms. The lowest BCUT2D eigenvalue weighted by Gasteiger charge is -2.15. The molecule has 5 nitrogen and oxygen atoms in total. The maximum absolute atomic E-state index is 12.1. The molecular weight excluding hydrogens is 324 g/mol. The van der Waals surface area contributed by atoms with E-state index in [9.17, 15) is 4.79 Å². The van der Waals surface area contributed by atoms with Crippen molar-refractivity contribution in [1.29, 1.82) is 0 Å². The predicted molar refractivity (Wildman–Crippen MR) is 102 cm³/mol. The summed E-state index contributed by atoms with van der Waals surface area (Å²) >= 11 is 0. The van der Waals surface area contributed by atoms with E-state index in [1.165, 1.54) is 0 Å². The summed E-state index contributed by atoms with van der Waals surface area (Å²) in [4.78, 5) is 20.5. The highest BCUT2D eigenvalue weighted by Crippen LogP contribution is 2.21. The Morgan fingerprint density at radius 3 is 2.50 bits per heavy atom. The van der Waals surface area contributed by atoms with E-state index in [0.717, 1.165) is 27.9 Å². The molecule has 3 aromatic rings. The van der Waals surface area contributed by atoms with Gasteiger partial charge in [-0.05, 0) is 48.2 Å². The summed E-state index contributed by atoms with van der Waals surface area (Å²) in [5.74, 6) is 0. The Balaban J connectivity index is 1.54. The van der Waals surface area contributed by atoms with E-state index < -0.39 is 0 Å². The summed E-state index contributed by atoms with van der Waals surface area (Å²) < 4.78 is 0. The van der Waals surface area contributed by atoms with Crippen molar-refractivity contribution in [2.45, 2.75) is 26.4 Å². The van der Waals surface area contributed by atoms with Crippen LogP contribution < -0.4 is 10.6 Å². The summed E-state index contributed by atoms with van der Waals surface area (Å²) in [6.45, 7) is 4.35. The van der Waals surface area contributed by atoms with Crippen molar-refractivity contribution in [3.8, 4) is 11.1 Å². The molecule has 5 heteroatoms. The number of urea groups is 1. The van der Waals surface area contributed by atoms with Gasteiger partial charge in [0.05, 0.1) is 6.04 Å². The van der Waals surface area contributed by atoms with E-state index in [1.54, 1.807) is 12.4 Å². The average Bonchev–Trinajstić information content (AvgIpc) is 2.68. The smallest absolute Gasteiger partial charge is 0.315 e. The van der Waals surface area contributed by atoms with Gasteiger partial charge in [-0.15, -0.1) is 0 Å². The molecule has 132 valence electrons. The SMILES string of the molecule is Cc1ccc(CNC(=O)N[C@H](C)c2ccc(-c3cccnc3)cc2)cn1. The summed E-state index contributed by atoms with van der Waals surface area (Å²) in [5.41, 5.74) is 5.15. The third-order valence-electron chi connectivity index (χ3n) is 4.18. The minimum absolute atomic E-state index is 0.0888. The van der Waals surface area contributed by atoms with Crippen molar-refractivity contribution >= 4 is 6.03 Å². The van der Waals surface area contributed by atoms with E-state index in [-0.39, 0.29) is 12.1 Å². The van der Waals surface area contributed by atoms with Crippen LogP contribution in [0.25, 0.3) is 11.1 Å². The highest BCUT2D eigenvalue weighted by Gasteiger charge is 2.09. The van der Waals surface area contributed by atoms with Crippen LogP contribution in [0.5, 0.6) is 0 Å². The lowest BCUT2D eigenvalue weighted by atomic mass is 10.0. The van der Waals surface area contributed by atoms with Gasteiger partial charge in [-0.25, -0.2) is 4.79 Å². The molecule has 26 heavy (non-hydrogen) atoms. The normalized spacial score (nSPS) is 11.6. The van der Waals surface area contributed by atoms with Crippen LogP contribution in [0.4, 0.5) is 4.79 Å². The second kappa shape index (κ2) is 8.25. The van der Waals surface area contributed by atoms with Gasteiger partial charge in [-0.1, -0.05) is 36.4 Å². The molecule has 0 fully saturated rings. The number of carbonyl (C=O) groups is 1. The predicted octanol–water partition coefficient (Wildman–Crippen LogP) is 4.01. The van der Waals surface area contributed by atoms with E-state index in [1.807, 2.05) is 68.6 Å². The van der Waals surface area contributed by atoms with Crippen LogP contribution in [0.1, 0.15) is 29.8 Å². The molecule has 2 aromatic heterocycles. The van der Waals surface area contributed by atoms with Crippen molar-refractivity contribution in [3.63, 3.8) is 0 Å². The molecule has 0 aliphatic heterocycles. The zero-order valence-electron chi connectivity index (χ0n) is 14.9. The molecule has 0 unspecified atom stereocenters. The van der Waals surface area contributed by atoms with E-state index in [4.69, 9.17) is 0 Å². The summed E-state index contributed by atoms with van der Waals surface area (Å²) in [6, 6.07) is 15.7. The first-order valence-corrected chi connectivity index (χ1v) is 8.58. The van der Waals surface area contributed by atoms with Crippen molar-refractivity contribution in [2.75, 3.05) is 0 Å². The molecule has 0 saturated carbocycles. The van der Waals surface area contributed by atoms with Crippen molar-refractivity contribution < 1.29 is 4.79 Å². The molecule has 0 spiro atoms. The highest BCUT2D eigenvalue weighted by atomic mass is 16.2. The number of rotatable bonds is 5. The quantitative estimate of drug-likeness (QED) is 0.733. The van der Waals surface area contributed by atoms with Crippen LogP contribution in [0, 0.1) is 6.92 Å².